The molecule has 0 radical (unpaired) electrons. The number of thioether (sulfide) groups is 1. The maximum atomic E-state index is 5.74. The van der Waals surface area contributed by atoms with E-state index in [1.807, 2.05) is 48.9 Å². The summed E-state index contributed by atoms with van der Waals surface area (Å²) in [6.45, 7) is 1.90. The highest BCUT2D eigenvalue weighted by Crippen LogP contribution is 2.22. The Morgan fingerprint density at radius 3 is 2.64 bits per heavy atom. The van der Waals surface area contributed by atoms with Crippen LogP contribution in [0.3, 0.4) is 0 Å². The maximum Gasteiger partial charge on any atom is 0.190 e. The van der Waals surface area contributed by atoms with Crippen molar-refractivity contribution in [3.63, 3.8) is 0 Å². The summed E-state index contributed by atoms with van der Waals surface area (Å²) in [6.07, 6.45) is 0. The minimum absolute atomic E-state index is 0.484. The molecule has 3 aromatic rings. The van der Waals surface area contributed by atoms with Gasteiger partial charge < -0.3 is 10.3 Å². The monoisotopic (exact) mass is 312 g/mol. The van der Waals surface area contributed by atoms with Crippen molar-refractivity contribution in [2.75, 3.05) is 5.73 Å². The lowest BCUT2D eigenvalue weighted by Crippen LogP contribution is -2.00. The fraction of sp³-hybridized carbons (Fsp3) is 0.200. The lowest BCUT2D eigenvalue weighted by atomic mass is 10.2. The lowest BCUT2D eigenvalue weighted by Gasteiger charge is -2.04. The normalized spacial score (nSPS) is 10.8. The van der Waals surface area contributed by atoms with Gasteiger partial charge in [-0.25, -0.2) is 9.97 Å². The molecule has 0 spiro atoms. The fourth-order valence-electron chi connectivity index (χ4n) is 2.08. The third kappa shape index (κ3) is 3.09. The molecule has 0 saturated carbocycles. The fourth-order valence-corrected chi connectivity index (χ4v) is 2.97. The number of anilines is 1. The average Bonchev–Trinajstić information content (AvgIpc) is 2.86. The van der Waals surface area contributed by atoms with Crippen molar-refractivity contribution in [2.24, 2.45) is 7.05 Å². The Kier molecular flexibility index (Phi) is 4.06. The van der Waals surface area contributed by atoms with Crippen molar-refractivity contribution < 1.29 is 0 Å². The molecule has 0 aliphatic rings. The van der Waals surface area contributed by atoms with Crippen LogP contribution in [0.25, 0.3) is 11.4 Å². The zero-order valence-electron chi connectivity index (χ0n) is 12.4. The molecule has 7 heteroatoms. The quantitative estimate of drug-likeness (QED) is 0.588. The molecule has 0 unspecified atom stereocenters. The average molecular weight is 312 g/mol. The van der Waals surface area contributed by atoms with E-state index in [4.69, 9.17) is 5.73 Å². The van der Waals surface area contributed by atoms with E-state index < -0.39 is 0 Å². The van der Waals surface area contributed by atoms with Crippen LogP contribution < -0.4 is 5.73 Å². The van der Waals surface area contributed by atoms with Crippen LogP contribution in [0.2, 0.25) is 0 Å². The van der Waals surface area contributed by atoms with Crippen LogP contribution in [0.15, 0.2) is 41.6 Å². The van der Waals surface area contributed by atoms with Crippen LogP contribution in [-0.2, 0) is 12.8 Å². The molecule has 0 aliphatic carbocycles. The Morgan fingerprint density at radius 1 is 1.14 bits per heavy atom. The predicted octanol–water partition coefficient (Wildman–Crippen LogP) is 2.46. The number of hydrogen-bond acceptors (Lipinski definition) is 6. The van der Waals surface area contributed by atoms with Gasteiger partial charge in [-0.1, -0.05) is 42.1 Å². The smallest absolute Gasteiger partial charge is 0.190 e. The first-order chi connectivity index (χ1) is 10.6. The van der Waals surface area contributed by atoms with Gasteiger partial charge in [0.05, 0.1) is 5.75 Å². The van der Waals surface area contributed by atoms with E-state index in [9.17, 15) is 0 Å². The van der Waals surface area contributed by atoms with Crippen LogP contribution in [0.4, 0.5) is 5.82 Å². The number of nitrogen functional groups attached to an aromatic ring is 1. The first-order valence-electron chi connectivity index (χ1n) is 6.81. The summed E-state index contributed by atoms with van der Waals surface area (Å²) in [5.74, 6) is 2.84. The number of nitrogens with zero attached hydrogens (tertiary/aromatic N) is 5. The zero-order chi connectivity index (χ0) is 15.5. The summed E-state index contributed by atoms with van der Waals surface area (Å²) >= 11 is 1.50. The van der Waals surface area contributed by atoms with Crippen LogP contribution in [-0.4, -0.2) is 24.7 Å². The van der Waals surface area contributed by atoms with Gasteiger partial charge >= 0.3 is 0 Å². The Hall–Kier alpha value is -2.41. The summed E-state index contributed by atoms with van der Waals surface area (Å²) < 4.78 is 1.99. The summed E-state index contributed by atoms with van der Waals surface area (Å²) in [6, 6.07) is 11.7. The number of benzene rings is 1. The van der Waals surface area contributed by atoms with Crippen molar-refractivity contribution >= 4 is 17.6 Å². The molecule has 0 aliphatic heterocycles. The SMILES string of the molecule is Cc1cc(N)nc(SCc2nnc(-c3ccccc3)n2C)n1. The molecular formula is C15H16N6S. The summed E-state index contributed by atoms with van der Waals surface area (Å²) in [5.41, 5.74) is 7.65. The van der Waals surface area contributed by atoms with Gasteiger partial charge in [0.25, 0.3) is 0 Å². The van der Waals surface area contributed by atoms with E-state index >= 15 is 0 Å². The van der Waals surface area contributed by atoms with Crippen LogP contribution in [0.1, 0.15) is 11.5 Å². The number of nitrogens with two attached hydrogens (primary N) is 1. The van der Waals surface area contributed by atoms with E-state index in [1.54, 1.807) is 6.07 Å². The van der Waals surface area contributed by atoms with E-state index in [1.165, 1.54) is 11.8 Å². The minimum Gasteiger partial charge on any atom is -0.384 e. The largest absolute Gasteiger partial charge is 0.384 e. The Labute approximate surface area is 132 Å². The van der Waals surface area contributed by atoms with E-state index in [-0.39, 0.29) is 0 Å². The molecular weight excluding hydrogens is 296 g/mol. The van der Waals surface area contributed by atoms with Gasteiger partial charge in [0.1, 0.15) is 11.6 Å². The molecule has 0 bridgehead atoms. The van der Waals surface area contributed by atoms with E-state index in [0.717, 1.165) is 22.9 Å². The van der Waals surface area contributed by atoms with Gasteiger partial charge in [-0.15, -0.1) is 10.2 Å². The van der Waals surface area contributed by atoms with Crippen molar-refractivity contribution in [3.8, 4) is 11.4 Å². The molecule has 0 atom stereocenters. The van der Waals surface area contributed by atoms with Gasteiger partial charge in [0.15, 0.2) is 11.0 Å². The van der Waals surface area contributed by atoms with Gasteiger partial charge in [0, 0.05) is 24.4 Å². The number of rotatable bonds is 4. The van der Waals surface area contributed by atoms with Crippen LogP contribution in [0.5, 0.6) is 0 Å². The van der Waals surface area contributed by atoms with E-state index in [0.29, 0.717) is 16.7 Å². The minimum atomic E-state index is 0.484. The molecule has 22 heavy (non-hydrogen) atoms. The maximum absolute atomic E-state index is 5.74. The van der Waals surface area contributed by atoms with Gasteiger partial charge in [-0.3, -0.25) is 0 Å². The molecule has 0 saturated heterocycles. The van der Waals surface area contributed by atoms with E-state index in [2.05, 4.69) is 20.2 Å². The molecule has 2 aromatic heterocycles. The molecule has 112 valence electrons. The number of aromatic nitrogens is 5. The summed E-state index contributed by atoms with van der Waals surface area (Å²) in [7, 11) is 1.96. The predicted molar refractivity (Wildman–Crippen MR) is 87.2 cm³/mol. The highest BCUT2D eigenvalue weighted by atomic mass is 32.2. The highest BCUT2D eigenvalue weighted by molar-refractivity contribution is 7.98. The number of hydrogen-bond donors (Lipinski definition) is 1. The van der Waals surface area contributed by atoms with Crippen molar-refractivity contribution in [1.29, 1.82) is 0 Å². The third-order valence-corrected chi connectivity index (χ3v) is 4.02. The zero-order valence-corrected chi connectivity index (χ0v) is 13.2. The molecule has 0 amide bonds. The molecule has 3 rings (SSSR count). The second kappa shape index (κ2) is 6.15. The number of aryl methyl sites for hydroxylation is 1. The Morgan fingerprint density at radius 2 is 1.91 bits per heavy atom. The van der Waals surface area contributed by atoms with Crippen molar-refractivity contribution in [3.05, 3.63) is 47.9 Å². The summed E-state index contributed by atoms with van der Waals surface area (Å²) in [4.78, 5) is 8.57. The first-order valence-corrected chi connectivity index (χ1v) is 7.79. The van der Waals surface area contributed by atoms with Crippen molar-refractivity contribution in [2.45, 2.75) is 17.8 Å². The molecule has 2 N–H and O–H groups in total. The Bertz CT molecular complexity index is 764. The summed E-state index contributed by atoms with van der Waals surface area (Å²) in [5, 5.41) is 9.18. The van der Waals surface area contributed by atoms with Crippen molar-refractivity contribution in [1.82, 2.24) is 24.7 Å². The second-order valence-corrected chi connectivity index (χ2v) is 5.81. The standard InChI is InChI=1S/C15H16N6S/c1-10-8-12(16)18-15(17-10)22-9-13-19-20-14(21(13)2)11-6-4-3-5-7-11/h3-8H,9H2,1-2H3,(H2,16,17,18). The molecule has 2 heterocycles. The molecule has 1 aromatic carbocycles. The van der Waals surface area contributed by atoms with Gasteiger partial charge in [0.2, 0.25) is 0 Å². The van der Waals surface area contributed by atoms with Gasteiger partial charge in [-0.05, 0) is 6.92 Å². The Balaban J connectivity index is 1.78. The third-order valence-electron chi connectivity index (χ3n) is 3.18. The second-order valence-electron chi connectivity index (χ2n) is 4.87. The topological polar surface area (TPSA) is 82.5 Å². The molecule has 0 fully saturated rings. The lowest BCUT2D eigenvalue weighted by molar-refractivity contribution is 0.852. The first kappa shape index (κ1) is 14.5. The van der Waals surface area contributed by atoms with Gasteiger partial charge in [-0.2, -0.15) is 0 Å². The van der Waals surface area contributed by atoms with Crippen LogP contribution >= 0.6 is 11.8 Å². The highest BCUT2D eigenvalue weighted by Gasteiger charge is 2.11. The van der Waals surface area contributed by atoms with Crippen LogP contribution in [0, 0.1) is 6.92 Å². The molecule has 6 nitrogen and oxygen atoms in total.